The van der Waals surface area contributed by atoms with Crippen LogP contribution in [0.1, 0.15) is 23.0 Å². The van der Waals surface area contributed by atoms with Crippen LogP contribution in [0.5, 0.6) is 0 Å². The third-order valence-corrected chi connectivity index (χ3v) is 7.75. The number of aryl methyl sites for hydroxylation is 1. The van der Waals surface area contributed by atoms with Crippen molar-refractivity contribution in [1.82, 2.24) is 25.4 Å². The van der Waals surface area contributed by atoms with E-state index in [1.54, 1.807) is 12.1 Å². The van der Waals surface area contributed by atoms with E-state index in [9.17, 15) is 24.3 Å². The Balaban J connectivity index is 1.42. The Hall–Kier alpha value is -3.36. The number of carboxylic acids is 2. The minimum atomic E-state index is -1.25. The van der Waals surface area contributed by atoms with Gasteiger partial charge in [-0.05, 0) is 18.1 Å². The Morgan fingerprint density at radius 2 is 2.03 bits per heavy atom. The van der Waals surface area contributed by atoms with Crippen molar-refractivity contribution in [1.29, 1.82) is 0 Å². The number of aromatic nitrogens is 3. The van der Waals surface area contributed by atoms with Crippen molar-refractivity contribution in [3.63, 3.8) is 0 Å². The summed E-state index contributed by atoms with van der Waals surface area (Å²) in [6, 6.07) is 5.34. The van der Waals surface area contributed by atoms with Gasteiger partial charge in [-0.15, -0.1) is 16.9 Å². The van der Waals surface area contributed by atoms with E-state index in [4.69, 9.17) is 10.8 Å². The fourth-order valence-corrected chi connectivity index (χ4v) is 5.98. The number of rotatable bonds is 9. The first-order chi connectivity index (χ1) is 16.7. The Kier molecular flexibility index (Phi) is 7.14. The number of benzene rings is 1. The summed E-state index contributed by atoms with van der Waals surface area (Å²) in [5, 5.41) is 27.5. The highest BCUT2D eigenvalue weighted by Crippen LogP contribution is 2.41. The van der Waals surface area contributed by atoms with Gasteiger partial charge in [0.05, 0.1) is 0 Å². The van der Waals surface area contributed by atoms with Crippen molar-refractivity contribution >= 4 is 47.3 Å². The molecule has 4 rings (SSSR count). The zero-order chi connectivity index (χ0) is 25.3. The van der Waals surface area contributed by atoms with Crippen LogP contribution in [0, 0.1) is 6.92 Å². The van der Waals surface area contributed by atoms with E-state index in [2.05, 4.69) is 20.5 Å². The van der Waals surface area contributed by atoms with Gasteiger partial charge in [-0.1, -0.05) is 41.6 Å². The molecule has 6 N–H and O–H groups in total. The van der Waals surface area contributed by atoms with Crippen LogP contribution in [0.25, 0.3) is 0 Å². The monoisotopic (exact) mass is 518 g/mol. The highest BCUT2D eigenvalue weighted by molar-refractivity contribution is 8.01. The van der Waals surface area contributed by atoms with Gasteiger partial charge in [-0.25, -0.2) is 9.78 Å². The van der Waals surface area contributed by atoms with Crippen molar-refractivity contribution in [2.45, 2.75) is 36.0 Å². The normalized spacial score (nSPS) is 20.2. The largest absolute Gasteiger partial charge is 0.481 e. The zero-order valence-corrected chi connectivity index (χ0v) is 20.1. The van der Waals surface area contributed by atoms with Gasteiger partial charge in [0, 0.05) is 11.5 Å². The number of amides is 2. The number of hydrogen-bond donors (Lipinski definition) is 5. The van der Waals surface area contributed by atoms with E-state index >= 15 is 0 Å². The van der Waals surface area contributed by atoms with E-state index in [1.165, 1.54) is 16.7 Å². The summed E-state index contributed by atoms with van der Waals surface area (Å²) in [6.45, 7) is 1.92. The molecule has 0 saturated carbocycles. The molecule has 2 aliphatic rings. The third kappa shape index (κ3) is 5.18. The third-order valence-electron chi connectivity index (χ3n) is 5.47. The SMILES string of the molecule is Cc1ccc(C(N)C(=O)NC2C(=O)N3C(C(=O)O)=C(CSc4n[nH]c(CC(=O)O)n4)CS[C@H]23)cc1. The van der Waals surface area contributed by atoms with Crippen molar-refractivity contribution < 1.29 is 29.4 Å². The molecule has 0 spiro atoms. The zero-order valence-electron chi connectivity index (χ0n) is 18.4. The van der Waals surface area contributed by atoms with Crippen molar-refractivity contribution in [2.24, 2.45) is 5.73 Å². The molecule has 0 bridgehead atoms. The summed E-state index contributed by atoms with van der Waals surface area (Å²) in [5.41, 5.74) is 8.06. The van der Waals surface area contributed by atoms with Gasteiger partial charge >= 0.3 is 11.9 Å². The molecule has 3 atom stereocenters. The average molecular weight is 519 g/mol. The Morgan fingerprint density at radius 1 is 1.31 bits per heavy atom. The molecule has 2 amide bonds. The fourth-order valence-electron chi connectivity index (χ4n) is 3.68. The molecule has 14 heteroatoms. The summed E-state index contributed by atoms with van der Waals surface area (Å²) >= 11 is 2.48. The van der Waals surface area contributed by atoms with Gasteiger partial charge in [-0.3, -0.25) is 24.4 Å². The van der Waals surface area contributed by atoms with Crippen LogP contribution in [-0.4, -0.2) is 77.0 Å². The lowest BCUT2D eigenvalue weighted by atomic mass is 10.0. The molecule has 0 aliphatic carbocycles. The molecule has 2 aliphatic heterocycles. The van der Waals surface area contributed by atoms with E-state index in [0.29, 0.717) is 16.9 Å². The lowest BCUT2D eigenvalue weighted by molar-refractivity contribution is -0.150. The number of thioether (sulfide) groups is 2. The van der Waals surface area contributed by atoms with Crippen LogP contribution in [0.4, 0.5) is 0 Å². The predicted molar refractivity (Wildman–Crippen MR) is 126 cm³/mol. The van der Waals surface area contributed by atoms with Gasteiger partial charge in [0.2, 0.25) is 11.1 Å². The van der Waals surface area contributed by atoms with E-state index in [1.807, 2.05) is 19.1 Å². The van der Waals surface area contributed by atoms with Crippen LogP contribution in [0.2, 0.25) is 0 Å². The summed E-state index contributed by atoms with van der Waals surface area (Å²) in [7, 11) is 0. The van der Waals surface area contributed by atoms with Gasteiger partial charge in [-0.2, -0.15) is 0 Å². The summed E-state index contributed by atoms with van der Waals surface area (Å²) in [4.78, 5) is 53.5. The van der Waals surface area contributed by atoms with E-state index < -0.39 is 41.2 Å². The minimum Gasteiger partial charge on any atom is -0.481 e. The highest BCUT2D eigenvalue weighted by Gasteiger charge is 2.54. The lowest BCUT2D eigenvalue weighted by Gasteiger charge is -2.49. The average Bonchev–Trinajstić information content (AvgIpc) is 3.26. The van der Waals surface area contributed by atoms with Crippen LogP contribution in [-0.2, 0) is 25.6 Å². The molecule has 1 fully saturated rings. The molecule has 1 aromatic heterocycles. The molecule has 12 nitrogen and oxygen atoms in total. The van der Waals surface area contributed by atoms with Crippen LogP contribution in [0.3, 0.4) is 0 Å². The predicted octanol–water partition coefficient (Wildman–Crippen LogP) is 0.271. The number of nitrogens with one attached hydrogen (secondary N) is 2. The molecule has 35 heavy (non-hydrogen) atoms. The number of carbonyl (C=O) groups excluding carboxylic acids is 2. The molecule has 1 aromatic carbocycles. The van der Waals surface area contributed by atoms with Gasteiger partial charge in [0.15, 0.2) is 0 Å². The van der Waals surface area contributed by atoms with Crippen molar-refractivity contribution in [3.8, 4) is 0 Å². The minimum absolute atomic E-state index is 0.124. The van der Waals surface area contributed by atoms with Gasteiger partial charge < -0.3 is 21.3 Å². The summed E-state index contributed by atoms with van der Waals surface area (Å²) in [6.07, 6.45) is -0.308. The number of H-pyrrole nitrogens is 1. The van der Waals surface area contributed by atoms with Crippen molar-refractivity contribution in [3.05, 3.63) is 52.5 Å². The molecule has 0 radical (unpaired) electrons. The number of nitrogens with two attached hydrogens (primary N) is 1. The molecular formula is C21H22N6O6S2. The second-order valence-electron chi connectivity index (χ2n) is 7.97. The number of aliphatic carboxylic acids is 2. The Morgan fingerprint density at radius 3 is 2.69 bits per heavy atom. The molecular weight excluding hydrogens is 496 g/mol. The number of carbonyl (C=O) groups is 4. The Bertz CT molecular complexity index is 1210. The number of nitrogens with zero attached hydrogens (tertiary/aromatic N) is 3. The van der Waals surface area contributed by atoms with Gasteiger partial charge in [0.1, 0.15) is 35.4 Å². The lowest BCUT2D eigenvalue weighted by Crippen LogP contribution is -2.71. The molecule has 2 aromatic rings. The fraction of sp³-hybridized carbons (Fsp3) is 0.333. The molecule has 184 valence electrons. The summed E-state index contributed by atoms with van der Waals surface area (Å²) in [5.74, 6) is -2.63. The molecule has 3 heterocycles. The summed E-state index contributed by atoms with van der Waals surface area (Å²) < 4.78 is 0. The van der Waals surface area contributed by atoms with Gasteiger partial charge in [0.25, 0.3) is 5.91 Å². The van der Waals surface area contributed by atoms with Crippen LogP contribution >= 0.6 is 23.5 Å². The first kappa shape index (κ1) is 24.8. The Labute approximate surface area is 207 Å². The maximum atomic E-state index is 12.8. The first-order valence-corrected chi connectivity index (χ1v) is 12.5. The maximum absolute atomic E-state index is 12.8. The molecule has 2 unspecified atom stereocenters. The second-order valence-corrected chi connectivity index (χ2v) is 10.0. The smallest absolute Gasteiger partial charge is 0.352 e. The van der Waals surface area contributed by atoms with Crippen LogP contribution < -0.4 is 11.1 Å². The number of β-lactam (4-membered cyclic amide) rings is 1. The second kappa shape index (κ2) is 10.1. The topological polar surface area (TPSA) is 192 Å². The van der Waals surface area contributed by atoms with Crippen LogP contribution in [0.15, 0.2) is 40.7 Å². The number of hydrogen-bond acceptors (Lipinski definition) is 9. The standard InChI is InChI=1S/C21H22N6O6S2/c1-9-2-4-10(5-3-9)14(22)17(30)24-15-18(31)27-16(20(32)33)11(7-34-19(15)27)8-35-21-23-12(25-26-21)6-13(28)29/h2-5,14-15,19H,6-8,22H2,1H3,(H,24,30)(H,28,29)(H,32,33)(H,23,25,26)/t14?,15?,19-/m1/s1. The first-order valence-electron chi connectivity index (χ1n) is 10.4. The number of aromatic amines is 1. The number of carboxylic acid groups (broad SMARTS) is 2. The quantitative estimate of drug-likeness (QED) is 0.226. The van der Waals surface area contributed by atoms with Crippen molar-refractivity contribution in [2.75, 3.05) is 11.5 Å². The van der Waals surface area contributed by atoms with E-state index in [0.717, 1.165) is 17.3 Å². The van der Waals surface area contributed by atoms with E-state index in [-0.39, 0.29) is 28.9 Å². The highest BCUT2D eigenvalue weighted by atomic mass is 32.2. The molecule has 1 saturated heterocycles. The number of fused-ring (bicyclic) bond motifs is 1. The maximum Gasteiger partial charge on any atom is 0.352 e.